The Morgan fingerprint density at radius 3 is 2.65 bits per heavy atom. The fraction of sp³-hybridized carbons (Fsp3) is 0.267. The molecule has 8 heteroatoms. The van der Waals surface area contributed by atoms with Gasteiger partial charge in [0.05, 0.1) is 16.1 Å². The van der Waals surface area contributed by atoms with Gasteiger partial charge < -0.3 is 19.7 Å². The van der Waals surface area contributed by atoms with Crippen molar-refractivity contribution in [3.8, 4) is 0 Å². The first kappa shape index (κ1) is 16.8. The van der Waals surface area contributed by atoms with E-state index >= 15 is 0 Å². The highest BCUT2D eigenvalue weighted by atomic mass is 32.1. The zero-order chi connectivity index (χ0) is 17.1. The van der Waals surface area contributed by atoms with Gasteiger partial charge in [-0.15, -0.1) is 11.3 Å². The second kappa shape index (κ2) is 6.66. The maximum Gasteiger partial charge on any atom is 0.326 e. The van der Waals surface area contributed by atoms with Crippen LogP contribution in [-0.4, -0.2) is 40.9 Å². The van der Waals surface area contributed by atoms with Crippen molar-refractivity contribution in [2.24, 2.45) is 0 Å². The SMILES string of the molecule is Cc1cc(NC(=O)c2ccco2)sc1C(=O)N(C)C(C)C(=O)O. The smallest absolute Gasteiger partial charge is 0.326 e. The van der Waals surface area contributed by atoms with Crippen LogP contribution in [0.1, 0.15) is 32.7 Å². The summed E-state index contributed by atoms with van der Waals surface area (Å²) < 4.78 is 5.00. The Labute approximate surface area is 136 Å². The molecule has 2 rings (SSSR count). The van der Waals surface area contributed by atoms with Gasteiger partial charge in [0.2, 0.25) is 0 Å². The van der Waals surface area contributed by atoms with Crippen LogP contribution in [0.2, 0.25) is 0 Å². The fourth-order valence-corrected chi connectivity index (χ4v) is 2.89. The lowest BCUT2D eigenvalue weighted by atomic mass is 10.2. The summed E-state index contributed by atoms with van der Waals surface area (Å²) in [4.78, 5) is 36.8. The monoisotopic (exact) mass is 336 g/mol. The number of thiophene rings is 1. The Bertz CT molecular complexity index is 735. The lowest BCUT2D eigenvalue weighted by molar-refractivity contribution is -0.141. The number of carbonyl (C=O) groups excluding carboxylic acids is 2. The third-order valence-corrected chi connectivity index (χ3v) is 4.49. The molecule has 2 N–H and O–H groups in total. The zero-order valence-electron chi connectivity index (χ0n) is 12.8. The number of carbonyl (C=O) groups is 3. The Morgan fingerprint density at radius 2 is 2.09 bits per heavy atom. The summed E-state index contributed by atoms with van der Waals surface area (Å²) in [6, 6.07) is 3.86. The second-order valence-electron chi connectivity index (χ2n) is 4.98. The average molecular weight is 336 g/mol. The number of furan rings is 1. The molecule has 23 heavy (non-hydrogen) atoms. The highest BCUT2D eigenvalue weighted by Crippen LogP contribution is 2.28. The zero-order valence-corrected chi connectivity index (χ0v) is 13.6. The van der Waals surface area contributed by atoms with Gasteiger partial charge in [0, 0.05) is 7.05 Å². The quantitative estimate of drug-likeness (QED) is 0.873. The van der Waals surface area contributed by atoms with Crippen LogP contribution in [-0.2, 0) is 4.79 Å². The first-order valence-electron chi connectivity index (χ1n) is 6.76. The molecule has 2 amide bonds. The summed E-state index contributed by atoms with van der Waals surface area (Å²) >= 11 is 1.09. The van der Waals surface area contributed by atoms with Crippen LogP contribution in [0.4, 0.5) is 5.00 Å². The average Bonchev–Trinajstić information content (AvgIpc) is 3.14. The molecule has 2 heterocycles. The predicted octanol–water partition coefficient (Wildman–Crippen LogP) is 2.45. The van der Waals surface area contributed by atoms with Gasteiger partial charge in [0.1, 0.15) is 6.04 Å². The van der Waals surface area contributed by atoms with Crippen LogP contribution >= 0.6 is 11.3 Å². The van der Waals surface area contributed by atoms with Gasteiger partial charge >= 0.3 is 5.97 Å². The molecule has 122 valence electrons. The number of rotatable bonds is 5. The largest absolute Gasteiger partial charge is 0.480 e. The van der Waals surface area contributed by atoms with E-state index in [2.05, 4.69) is 5.32 Å². The standard InChI is InChI=1S/C15H16N2O5S/c1-8-7-11(16-13(18)10-5-4-6-22-10)23-12(8)14(19)17(3)9(2)15(20)21/h4-7,9H,1-3H3,(H,16,18)(H,20,21). The summed E-state index contributed by atoms with van der Waals surface area (Å²) in [6.07, 6.45) is 1.39. The molecular weight excluding hydrogens is 320 g/mol. The maximum atomic E-state index is 12.4. The minimum Gasteiger partial charge on any atom is -0.480 e. The van der Waals surface area contributed by atoms with Gasteiger partial charge in [-0.3, -0.25) is 9.59 Å². The van der Waals surface area contributed by atoms with Gasteiger partial charge in [0.25, 0.3) is 11.8 Å². The van der Waals surface area contributed by atoms with Crippen LogP contribution in [0.3, 0.4) is 0 Å². The highest BCUT2D eigenvalue weighted by molar-refractivity contribution is 7.18. The first-order chi connectivity index (χ1) is 10.8. The number of amides is 2. The Morgan fingerprint density at radius 1 is 1.39 bits per heavy atom. The van der Waals surface area contributed by atoms with Gasteiger partial charge in [0.15, 0.2) is 5.76 Å². The third-order valence-electron chi connectivity index (χ3n) is 3.35. The van der Waals surface area contributed by atoms with E-state index in [0.717, 1.165) is 16.2 Å². The topological polar surface area (TPSA) is 99.9 Å². The number of hydrogen-bond acceptors (Lipinski definition) is 5. The molecule has 2 aromatic rings. The summed E-state index contributed by atoms with van der Waals surface area (Å²) in [5.74, 6) is -1.73. The van der Waals surface area contributed by atoms with E-state index < -0.39 is 23.8 Å². The lowest BCUT2D eigenvalue weighted by Gasteiger charge is -2.21. The first-order valence-corrected chi connectivity index (χ1v) is 7.58. The van der Waals surface area contributed by atoms with Crippen molar-refractivity contribution in [1.29, 1.82) is 0 Å². The fourth-order valence-electron chi connectivity index (χ4n) is 1.84. The molecule has 0 saturated heterocycles. The van der Waals surface area contributed by atoms with E-state index in [1.165, 1.54) is 26.3 Å². The molecule has 1 atom stereocenters. The van der Waals surface area contributed by atoms with Crippen LogP contribution in [0.15, 0.2) is 28.9 Å². The number of anilines is 1. The van der Waals surface area contributed by atoms with E-state index in [4.69, 9.17) is 9.52 Å². The number of carboxylic acids is 1. The van der Waals surface area contributed by atoms with Crippen LogP contribution < -0.4 is 5.32 Å². The highest BCUT2D eigenvalue weighted by Gasteiger charge is 2.25. The van der Waals surface area contributed by atoms with Crippen molar-refractivity contribution in [1.82, 2.24) is 4.90 Å². The maximum absolute atomic E-state index is 12.4. The van der Waals surface area contributed by atoms with Crippen molar-refractivity contribution >= 4 is 34.1 Å². The van der Waals surface area contributed by atoms with Crippen molar-refractivity contribution in [2.75, 3.05) is 12.4 Å². The second-order valence-corrected chi connectivity index (χ2v) is 6.04. The molecule has 0 radical (unpaired) electrons. The lowest BCUT2D eigenvalue weighted by Crippen LogP contribution is -2.40. The van der Waals surface area contributed by atoms with Crippen molar-refractivity contribution in [3.63, 3.8) is 0 Å². The Balaban J connectivity index is 2.16. The van der Waals surface area contributed by atoms with Crippen molar-refractivity contribution in [2.45, 2.75) is 19.9 Å². The van der Waals surface area contributed by atoms with Gasteiger partial charge in [-0.05, 0) is 37.6 Å². The summed E-state index contributed by atoms with van der Waals surface area (Å²) in [5, 5.41) is 12.1. The predicted molar refractivity (Wildman–Crippen MR) is 84.9 cm³/mol. The van der Waals surface area contributed by atoms with Crippen LogP contribution in [0, 0.1) is 6.92 Å². The van der Waals surface area contributed by atoms with Gasteiger partial charge in [-0.25, -0.2) is 4.79 Å². The minimum atomic E-state index is -1.08. The van der Waals surface area contributed by atoms with Gasteiger partial charge in [-0.1, -0.05) is 0 Å². The molecule has 0 saturated carbocycles. The van der Waals surface area contributed by atoms with Crippen LogP contribution in [0.25, 0.3) is 0 Å². The third kappa shape index (κ3) is 3.59. The molecule has 0 aliphatic carbocycles. The summed E-state index contributed by atoms with van der Waals surface area (Å²) in [6.45, 7) is 3.16. The van der Waals surface area contributed by atoms with E-state index in [1.807, 2.05) is 0 Å². The molecule has 0 spiro atoms. The minimum absolute atomic E-state index is 0.167. The van der Waals surface area contributed by atoms with E-state index in [9.17, 15) is 14.4 Å². The number of nitrogens with zero attached hydrogens (tertiary/aromatic N) is 1. The Hall–Kier alpha value is -2.61. The number of nitrogens with one attached hydrogen (secondary N) is 1. The summed E-state index contributed by atoms with van der Waals surface area (Å²) in [7, 11) is 1.43. The van der Waals surface area contributed by atoms with Crippen molar-refractivity contribution in [3.05, 3.63) is 40.7 Å². The molecule has 1 unspecified atom stereocenters. The molecule has 0 aromatic carbocycles. The molecule has 0 aliphatic heterocycles. The number of aliphatic carboxylic acids is 1. The normalized spacial score (nSPS) is 11.8. The molecule has 0 aliphatic rings. The van der Waals surface area contributed by atoms with E-state index in [-0.39, 0.29) is 5.76 Å². The van der Waals surface area contributed by atoms with E-state index in [0.29, 0.717) is 15.4 Å². The van der Waals surface area contributed by atoms with E-state index in [1.54, 1.807) is 19.1 Å². The van der Waals surface area contributed by atoms with Gasteiger partial charge in [-0.2, -0.15) is 0 Å². The summed E-state index contributed by atoms with van der Waals surface area (Å²) in [5.41, 5.74) is 0.666. The number of carboxylic acid groups (broad SMARTS) is 1. The Kier molecular flexibility index (Phi) is 4.85. The number of hydrogen-bond donors (Lipinski definition) is 2. The molecular formula is C15H16N2O5S. The molecule has 0 bridgehead atoms. The molecule has 2 aromatic heterocycles. The van der Waals surface area contributed by atoms with Crippen LogP contribution in [0.5, 0.6) is 0 Å². The number of aryl methyl sites for hydroxylation is 1. The molecule has 7 nitrogen and oxygen atoms in total. The molecule has 0 fully saturated rings. The van der Waals surface area contributed by atoms with Crippen molar-refractivity contribution < 1.29 is 23.9 Å². The number of likely N-dealkylation sites (N-methyl/N-ethyl adjacent to an activating group) is 1.